The van der Waals surface area contributed by atoms with E-state index in [-0.39, 0.29) is 5.91 Å². The summed E-state index contributed by atoms with van der Waals surface area (Å²) in [5, 5.41) is 2.99. The van der Waals surface area contributed by atoms with Gasteiger partial charge in [0.05, 0.1) is 0 Å². The zero-order valence-electron chi connectivity index (χ0n) is 15.9. The molecule has 1 N–H and O–H groups in total. The fraction of sp³-hybridized carbons (Fsp3) is 0.435. The zero-order valence-corrected chi connectivity index (χ0v) is 15.9. The van der Waals surface area contributed by atoms with Crippen molar-refractivity contribution in [3.8, 4) is 5.75 Å². The van der Waals surface area contributed by atoms with Crippen molar-refractivity contribution in [2.45, 2.75) is 58.5 Å². The molecule has 138 valence electrons. The molecule has 1 amide bonds. The molecule has 1 atom stereocenters. The Morgan fingerprint density at radius 1 is 1.12 bits per heavy atom. The third kappa shape index (κ3) is 5.10. The number of ether oxygens (including phenoxy) is 1. The molecule has 3 heteroatoms. The first-order valence-corrected chi connectivity index (χ1v) is 9.73. The van der Waals surface area contributed by atoms with Crippen molar-refractivity contribution in [3.05, 3.63) is 64.7 Å². The zero-order chi connectivity index (χ0) is 18.4. The van der Waals surface area contributed by atoms with Gasteiger partial charge >= 0.3 is 0 Å². The molecule has 2 aromatic carbocycles. The standard InChI is InChI=1S/C23H29NO2/c1-17-7-5-8-19(15-17)9-6-14-24-23(25)18(2)26-22-13-12-20-10-3-4-11-21(20)16-22/h5,7-8,12-13,15-16,18H,3-4,6,9-11,14H2,1-2H3,(H,24,25)/t18-/m0/s1. The third-order valence-electron chi connectivity index (χ3n) is 5.03. The second-order valence-corrected chi connectivity index (χ2v) is 7.28. The average Bonchev–Trinajstić information content (AvgIpc) is 2.65. The smallest absolute Gasteiger partial charge is 0.260 e. The molecule has 1 aliphatic rings. The summed E-state index contributed by atoms with van der Waals surface area (Å²) in [6, 6.07) is 14.8. The van der Waals surface area contributed by atoms with Gasteiger partial charge in [0, 0.05) is 6.54 Å². The first kappa shape index (κ1) is 18.5. The van der Waals surface area contributed by atoms with Crippen molar-refractivity contribution in [2.75, 3.05) is 6.54 Å². The highest BCUT2D eigenvalue weighted by atomic mass is 16.5. The van der Waals surface area contributed by atoms with Gasteiger partial charge in [0.1, 0.15) is 5.75 Å². The Labute approximate surface area is 156 Å². The molecular weight excluding hydrogens is 322 g/mol. The fourth-order valence-electron chi connectivity index (χ4n) is 3.56. The molecule has 0 aromatic heterocycles. The number of fused-ring (bicyclic) bond motifs is 1. The van der Waals surface area contributed by atoms with E-state index in [0.717, 1.165) is 31.4 Å². The van der Waals surface area contributed by atoms with Crippen molar-refractivity contribution < 1.29 is 9.53 Å². The summed E-state index contributed by atoms with van der Waals surface area (Å²) in [6.07, 6.45) is 6.22. The van der Waals surface area contributed by atoms with Gasteiger partial charge in [-0.05, 0) is 81.2 Å². The summed E-state index contributed by atoms with van der Waals surface area (Å²) < 4.78 is 5.86. The van der Waals surface area contributed by atoms with E-state index in [1.807, 2.05) is 13.0 Å². The Kier molecular flexibility index (Phi) is 6.32. The molecule has 0 spiro atoms. The quantitative estimate of drug-likeness (QED) is 0.751. The highest BCUT2D eigenvalue weighted by molar-refractivity contribution is 5.80. The molecule has 1 aliphatic carbocycles. The Hall–Kier alpha value is -2.29. The maximum Gasteiger partial charge on any atom is 0.260 e. The van der Waals surface area contributed by atoms with Crippen LogP contribution in [0.5, 0.6) is 5.75 Å². The van der Waals surface area contributed by atoms with Crippen LogP contribution < -0.4 is 10.1 Å². The number of hydrogen-bond acceptors (Lipinski definition) is 2. The van der Waals surface area contributed by atoms with E-state index in [4.69, 9.17) is 4.74 Å². The van der Waals surface area contributed by atoms with Crippen molar-refractivity contribution >= 4 is 5.91 Å². The van der Waals surface area contributed by atoms with E-state index in [9.17, 15) is 4.79 Å². The lowest BCUT2D eigenvalue weighted by atomic mass is 9.92. The molecule has 26 heavy (non-hydrogen) atoms. The van der Waals surface area contributed by atoms with Gasteiger partial charge in [-0.1, -0.05) is 35.9 Å². The van der Waals surface area contributed by atoms with Crippen molar-refractivity contribution in [2.24, 2.45) is 0 Å². The van der Waals surface area contributed by atoms with Gasteiger partial charge in [-0.25, -0.2) is 0 Å². The summed E-state index contributed by atoms with van der Waals surface area (Å²) in [4.78, 5) is 12.3. The molecule has 0 saturated heterocycles. The minimum absolute atomic E-state index is 0.0491. The van der Waals surface area contributed by atoms with Crippen molar-refractivity contribution in [1.82, 2.24) is 5.32 Å². The second-order valence-electron chi connectivity index (χ2n) is 7.28. The molecule has 0 bridgehead atoms. The Balaban J connectivity index is 1.43. The predicted octanol–water partition coefficient (Wildman–Crippen LogP) is 4.39. The molecule has 0 heterocycles. The van der Waals surface area contributed by atoms with Crippen LogP contribution in [0, 0.1) is 6.92 Å². The van der Waals surface area contributed by atoms with Gasteiger partial charge in [-0.2, -0.15) is 0 Å². The molecule has 3 nitrogen and oxygen atoms in total. The number of hydrogen-bond donors (Lipinski definition) is 1. The predicted molar refractivity (Wildman–Crippen MR) is 106 cm³/mol. The average molecular weight is 351 g/mol. The molecule has 0 radical (unpaired) electrons. The van der Waals surface area contributed by atoms with Crippen LogP contribution >= 0.6 is 0 Å². The number of rotatable bonds is 7. The van der Waals surface area contributed by atoms with Crippen LogP contribution in [0.2, 0.25) is 0 Å². The molecule has 0 aliphatic heterocycles. The third-order valence-corrected chi connectivity index (χ3v) is 5.03. The molecular formula is C23H29NO2. The van der Waals surface area contributed by atoms with Gasteiger partial charge in [0.25, 0.3) is 5.91 Å². The van der Waals surface area contributed by atoms with Crippen LogP contribution in [0.4, 0.5) is 0 Å². The molecule has 0 saturated carbocycles. The molecule has 2 aromatic rings. The van der Waals surface area contributed by atoms with Gasteiger partial charge in [0.15, 0.2) is 6.10 Å². The molecule has 0 fully saturated rings. The van der Waals surface area contributed by atoms with Crippen LogP contribution in [-0.2, 0) is 24.1 Å². The van der Waals surface area contributed by atoms with Gasteiger partial charge in [-0.3, -0.25) is 4.79 Å². The number of benzene rings is 2. The lowest BCUT2D eigenvalue weighted by Gasteiger charge is -2.19. The Bertz CT molecular complexity index is 754. The van der Waals surface area contributed by atoms with Gasteiger partial charge in [-0.15, -0.1) is 0 Å². The minimum Gasteiger partial charge on any atom is -0.481 e. The van der Waals surface area contributed by atoms with E-state index >= 15 is 0 Å². The highest BCUT2D eigenvalue weighted by Gasteiger charge is 2.16. The topological polar surface area (TPSA) is 38.3 Å². The van der Waals surface area contributed by atoms with Gasteiger partial charge in [0.2, 0.25) is 0 Å². The SMILES string of the molecule is Cc1cccc(CCCNC(=O)[C@H](C)Oc2ccc3c(c2)CCCC3)c1. The van der Waals surface area contributed by atoms with E-state index in [0.29, 0.717) is 6.54 Å². The fourth-order valence-corrected chi connectivity index (χ4v) is 3.56. The van der Waals surface area contributed by atoms with Crippen LogP contribution in [0.1, 0.15) is 48.4 Å². The Morgan fingerprint density at radius 3 is 2.73 bits per heavy atom. The van der Waals surface area contributed by atoms with E-state index in [2.05, 4.69) is 48.6 Å². The first-order valence-electron chi connectivity index (χ1n) is 9.73. The molecule has 3 rings (SSSR count). The Morgan fingerprint density at radius 2 is 1.92 bits per heavy atom. The van der Waals surface area contributed by atoms with Crippen LogP contribution in [0.3, 0.4) is 0 Å². The number of carbonyl (C=O) groups excluding carboxylic acids is 1. The van der Waals surface area contributed by atoms with E-state index in [1.165, 1.54) is 35.1 Å². The maximum absolute atomic E-state index is 12.3. The summed E-state index contributed by atoms with van der Waals surface area (Å²) in [5.41, 5.74) is 5.40. The lowest BCUT2D eigenvalue weighted by Crippen LogP contribution is -2.37. The number of amides is 1. The highest BCUT2D eigenvalue weighted by Crippen LogP contribution is 2.25. The van der Waals surface area contributed by atoms with E-state index in [1.54, 1.807) is 0 Å². The number of carbonyl (C=O) groups is 1. The summed E-state index contributed by atoms with van der Waals surface area (Å²) in [7, 11) is 0. The van der Waals surface area contributed by atoms with Gasteiger partial charge < -0.3 is 10.1 Å². The second kappa shape index (κ2) is 8.88. The normalized spacial score (nSPS) is 14.4. The summed E-state index contributed by atoms with van der Waals surface area (Å²) >= 11 is 0. The van der Waals surface area contributed by atoms with Crippen LogP contribution in [-0.4, -0.2) is 18.6 Å². The van der Waals surface area contributed by atoms with Crippen molar-refractivity contribution in [3.63, 3.8) is 0 Å². The lowest BCUT2D eigenvalue weighted by molar-refractivity contribution is -0.127. The maximum atomic E-state index is 12.3. The van der Waals surface area contributed by atoms with Crippen molar-refractivity contribution in [1.29, 1.82) is 0 Å². The van der Waals surface area contributed by atoms with Crippen LogP contribution in [0.25, 0.3) is 0 Å². The largest absolute Gasteiger partial charge is 0.481 e. The first-order chi connectivity index (χ1) is 12.6. The van der Waals surface area contributed by atoms with Crippen LogP contribution in [0.15, 0.2) is 42.5 Å². The molecule has 0 unspecified atom stereocenters. The summed E-state index contributed by atoms with van der Waals surface area (Å²) in [5.74, 6) is 0.750. The monoisotopic (exact) mass is 351 g/mol. The summed E-state index contributed by atoms with van der Waals surface area (Å²) in [6.45, 7) is 4.59. The minimum atomic E-state index is -0.476. The van der Waals surface area contributed by atoms with E-state index < -0.39 is 6.10 Å². The number of aryl methyl sites for hydroxylation is 4. The number of nitrogens with one attached hydrogen (secondary N) is 1.